The van der Waals surface area contributed by atoms with Gasteiger partial charge in [0.05, 0.1) is 18.2 Å². The van der Waals surface area contributed by atoms with Gasteiger partial charge in [-0.05, 0) is 78.3 Å². The Bertz CT molecular complexity index is 1250. The smallest absolute Gasteiger partial charge is 0.120 e. The molecule has 2 aromatic rings. The maximum Gasteiger partial charge on any atom is 0.120 e. The summed E-state index contributed by atoms with van der Waals surface area (Å²) in [4.78, 5) is 10.3. The van der Waals surface area contributed by atoms with Crippen LogP contribution < -0.4 is 5.48 Å². The maximum absolute atomic E-state index is 7.32. The number of fused-ring (bicyclic) bond motifs is 2. The lowest BCUT2D eigenvalue weighted by Crippen LogP contribution is -2.80. The van der Waals surface area contributed by atoms with Crippen molar-refractivity contribution >= 4 is 16.3 Å². The quantitative estimate of drug-likeness (QED) is 0.691. The molecule has 2 spiro atoms. The summed E-state index contributed by atoms with van der Waals surface area (Å²) in [6.07, 6.45) is 19.4. The van der Waals surface area contributed by atoms with E-state index in [0.29, 0.717) is 5.92 Å². The van der Waals surface area contributed by atoms with Gasteiger partial charge in [-0.15, -0.1) is 0 Å². The molecule has 2 fully saturated rings. The zero-order chi connectivity index (χ0) is 22.3. The Kier molecular flexibility index (Phi) is 4.20. The van der Waals surface area contributed by atoms with Crippen molar-refractivity contribution in [3.05, 3.63) is 71.6 Å². The summed E-state index contributed by atoms with van der Waals surface area (Å²) in [6, 6.07) is 8.98. The first-order valence-corrected chi connectivity index (χ1v) is 12.7. The number of hydroxylamine groups is 1. The van der Waals surface area contributed by atoms with Crippen LogP contribution in [0.2, 0.25) is 0 Å². The van der Waals surface area contributed by atoms with Crippen LogP contribution in [0.15, 0.2) is 66.0 Å². The van der Waals surface area contributed by atoms with Crippen LogP contribution in [0.5, 0.6) is 0 Å². The second-order valence-electron chi connectivity index (χ2n) is 11.0. The normalized spacial score (nSPS) is 38.8. The number of nitrogens with zero attached hydrogens (tertiary/aromatic N) is 1. The van der Waals surface area contributed by atoms with Crippen molar-refractivity contribution in [2.24, 2.45) is 11.3 Å². The van der Waals surface area contributed by atoms with E-state index in [2.05, 4.69) is 54.4 Å². The number of allylic oxidation sites excluding steroid dienone is 3. The molecule has 7 rings (SSSR count). The van der Waals surface area contributed by atoms with Gasteiger partial charge in [-0.2, -0.15) is 0 Å². The first-order valence-electron chi connectivity index (χ1n) is 12.7. The van der Waals surface area contributed by atoms with E-state index in [4.69, 9.17) is 9.57 Å². The second-order valence-corrected chi connectivity index (χ2v) is 11.0. The van der Waals surface area contributed by atoms with Gasteiger partial charge >= 0.3 is 0 Å². The van der Waals surface area contributed by atoms with Crippen LogP contribution >= 0.6 is 0 Å². The van der Waals surface area contributed by atoms with Crippen molar-refractivity contribution in [1.82, 2.24) is 4.98 Å². The Labute approximate surface area is 195 Å². The third kappa shape index (κ3) is 2.66. The molecular formula is C29H33N2O2+. The number of quaternary nitrogens is 1. The number of benzene rings is 1. The van der Waals surface area contributed by atoms with E-state index >= 15 is 0 Å². The van der Waals surface area contributed by atoms with Crippen molar-refractivity contribution in [2.75, 3.05) is 7.05 Å². The van der Waals surface area contributed by atoms with Crippen LogP contribution in [0.25, 0.3) is 16.3 Å². The molecule has 1 saturated carbocycles. The lowest BCUT2D eigenvalue weighted by molar-refractivity contribution is -0.887. The molecule has 0 amide bonds. The minimum atomic E-state index is -0.148. The minimum absolute atomic E-state index is 0.0953. The van der Waals surface area contributed by atoms with Gasteiger partial charge in [-0.1, -0.05) is 37.3 Å². The highest BCUT2D eigenvalue weighted by Crippen LogP contribution is 2.67. The van der Waals surface area contributed by atoms with Crippen LogP contribution in [0.1, 0.15) is 57.4 Å². The Hall–Kier alpha value is -2.27. The van der Waals surface area contributed by atoms with E-state index in [1.165, 1.54) is 33.1 Å². The molecule has 2 bridgehead atoms. The maximum atomic E-state index is 7.32. The number of nitrogens with two attached hydrogens (primary N) is 1. The number of ether oxygens (including phenoxy) is 1. The van der Waals surface area contributed by atoms with Gasteiger partial charge in [0.25, 0.3) is 0 Å². The zero-order valence-electron chi connectivity index (χ0n) is 19.6. The van der Waals surface area contributed by atoms with E-state index in [1.54, 1.807) is 0 Å². The summed E-state index contributed by atoms with van der Waals surface area (Å²) in [6.45, 7) is 2.48. The van der Waals surface area contributed by atoms with Crippen molar-refractivity contribution in [3.63, 3.8) is 0 Å². The molecular weight excluding hydrogens is 408 g/mol. The predicted octanol–water partition coefficient (Wildman–Crippen LogP) is 4.88. The van der Waals surface area contributed by atoms with E-state index in [9.17, 15) is 0 Å². The highest BCUT2D eigenvalue weighted by molar-refractivity contribution is 5.87. The van der Waals surface area contributed by atoms with Crippen molar-refractivity contribution in [1.29, 1.82) is 0 Å². The largest absolute Gasteiger partial charge is 0.359 e. The molecule has 33 heavy (non-hydrogen) atoms. The van der Waals surface area contributed by atoms with E-state index in [-0.39, 0.29) is 22.7 Å². The van der Waals surface area contributed by atoms with Crippen LogP contribution in [-0.4, -0.2) is 29.3 Å². The van der Waals surface area contributed by atoms with Crippen LogP contribution in [0.4, 0.5) is 0 Å². The third-order valence-electron chi connectivity index (χ3n) is 9.51. The van der Waals surface area contributed by atoms with Crippen LogP contribution in [-0.2, 0) is 9.57 Å². The van der Waals surface area contributed by atoms with Crippen LogP contribution in [0, 0.1) is 11.3 Å². The lowest BCUT2D eigenvalue weighted by atomic mass is 9.58. The summed E-state index contributed by atoms with van der Waals surface area (Å²) in [5, 5.41) is 2.47. The average molecular weight is 442 g/mol. The number of rotatable bonds is 3. The monoisotopic (exact) mass is 441 g/mol. The number of hydrogen-bond donors (Lipinski definition) is 1. The molecule has 0 radical (unpaired) electrons. The van der Waals surface area contributed by atoms with Crippen molar-refractivity contribution in [2.45, 2.75) is 69.2 Å². The van der Waals surface area contributed by atoms with Gasteiger partial charge in [0.1, 0.15) is 6.10 Å². The Morgan fingerprint density at radius 2 is 2.09 bits per heavy atom. The second kappa shape index (κ2) is 6.88. The fourth-order valence-corrected chi connectivity index (χ4v) is 7.95. The van der Waals surface area contributed by atoms with Gasteiger partial charge in [0.2, 0.25) is 0 Å². The summed E-state index contributed by atoms with van der Waals surface area (Å²) < 4.78 is 7.32. The number of aromatic nitrogens is 1. The molecule has 3 heterocycles. The first-order chi connectivity index (χ1) is 16.1. The Balaban J connectivity index is 1.27. The van der Waals surface area contributed by atoms with Gasteiger partial charge in [-0.3, -0.25) is 4.98 Å². The molecule has 5 aliphatic rings. The Morgan fingerprint density at radius 1 is 1.15 bits per heavy atom. The standard InChI is InChI=1S/C29H32N2O2/c1-27-11-9-23-16-22-5-6-24(32-30-2)17-28(22)12-13-29(23,33-28)26(27)8-7-25(27)20-4-3-19-10-14-31-18-21(19)15-20/h3-4,7,9-10,14-16,18,24,26,30H,5-6,8,11-13,17H2,1-2H3/p+1. The van der Waals surface area contributed by atoms with E-state index < -0.39 is 0 Å². The molecule has 3 aliphatic carbocycles. The van der Waals surface area contributed by atoms with E-state index in [0.717, 1.165) is 44.9 Å². The fraction of sp³-hybridized carbons (Fsp3) is 0.483. The van der Waals surface area contributed by atoms with Gasteiger partial charge in [0.15, 0.2) is 0 Å². The lowest BCUT2D eigenvalue weighted by Gasteiger charge is -2.54. The highest BCUT2D eigenvalue weighted by Gasteiger charge is 2.65. The summed E-state index contributed by atoms with van der Waals surface area (Å²) >= 11 is 0. The molecule has 5 unspecified atom stereocenters. The molecule has 2 N–H and O–H groups in total. The summed E-state index contributed by atoms with van der Waals surface area (Å²) in [5.74, 6) is 0.487. The number of hydrogen-bond acceptors (Lipinski definition) is 3. The molecule has 170 valence electrons. The molecule has 2 aliphatic heterocycles. The van der Waals surface area contributed by atoms with Gasteiger partial charge in [0, 0.05) is 35.5 Å². The topological polar surface area (TPSA) is 48.0 Å². The number of pyridine rings is 1. The molecule has 1 saturated heterocycles. The van der Waals surface area contributed by atoms with E-state index in [1.807, 2.05) is 24.9 Å². The molecule has 1 aromatic carbocycles. The summed E-state index contributed by atoms with van der Waals surface area (Å²) in [7, 11) is 1.99. The molecule has 5 atom stereocenters. The minimum Gasteiger partial charge on any atom is -0.359 e. The first kappa shape index (κ1) is 20.1. The SMILES string of the molecule is C[NH2+]OC1CCC2=CC3=CCC4(C)C(c5ccc6ccncc6c5)=CCC4C34CCC2(C1)O4. The molecule has 4 heteroatoms. The van der Waals surface area contributed by atoms with Gasteiger partial charge in [-0.25, -0.2) is 10.3 Å². The average Bonchev–Trinajstić information content (AvgIpc) is 3.34. The fourth-order valence-electron chi connectivity index (χ4n) is 7.95. The summed E-state index contributed by atoms with van der Waals surface area (Å²) in [5.41, 5.74) is 7.52. The Morgan fingerprint density at radius 3 is 3.00 bits per heavy atom. The third-order valence-corrected chi connectivity index (χ3v) is 9.51. The van der Waals surface area contributed by atoms with Crippen molar-refractivity contribution < 1.29 is 15.1 Å². The van der Waals surface area contributed by atoms with Crippen LogP contribution in [0.3, 0.4) is 0 Å². The molecule has 1 aromatic heterocycles. The van der Waals surface area contributed by atoms with Gasteiger partial charge < -0.3 is 4.74 Å². The molecule has 4 nitrogen and oxygen atoms in total. The zero-order valence-corrected chi connectivity index (χ0v) is 19.6. The highest BCUT2D eigenvalue weighted by atomic mass is 16.7. The predicted molar refractivity (Wildman–Crippen MR) is 129 cm³/mol. The van der Waals surface area contributed by atoms with Crippen molar-refractivity contribution in [3.8, 4) is 0 Å².